The molecule has 0 radical (unpaired) electrons. The molecule has 0 aliphatic rings. The van der Waals surface area contributed by atoms with Gasteiger partial charge in [0.1, 0.15) is 4.83 Å². The molecule has 2 heterocycles. The first-order valence-corrected chi connectivity index (χ1v) is 9.98. The minimum absolute atomic E-state index is 1.03. The molecule has 27 heavy (non-hydrogen) atoms. The van der Waals surface area contributed by atoms with Crippen LogP contribution in [0.4, 0.5) is 0 Å². The largest absolute Gasteiger partial charge is 0.237 e. The predicted molar refractivity (Wildman–Crippen MR) is 117 cm³/mol. The highest BCUT2D eigenvalue weighted by atomic mass is 32.1. The van der Waals surface area contributed by atoms with Gasteiger partial charge in [-0.3, -0.25) is 0 Å². The van der Waals surface area contributed by atoms with Crippen molar-refractivity contribution in [2.75, 3.05) is 0 Å². The standard InChI is InChI=1S/C25H19NS/c1-16-8-13-21-22-14-15-23(26-25(22)27-24(21)17(16)2)20-11-9-19(10-12-20)18-6-4-3-5-7-18/h3-15H,1-2H3. The van der Waals surface area contributed by atoms with Gasteiger partial charge in [0.2, 0.25) is 0 Å². The summed E-state index contributed by atoms with van der Waals surface area (Å²) in [6, 6.07) is 28.0. The van der Waals surface area contributed by atoms with Crippen molar-refractivity contribution in [2.45, 2.75) is 13.8 Å². The molecule has 2 aromatic heterocycles. The topological polar surface area (TPSA) is 12.9 Å². The minimum atomic E-state index is 1.03. The van der Waals surface area contributed by atoms with Gasteiger partial charge in [0.25, 0.3) is 0 Å². The molecule has 130 valence electrons. The number of nitrogens with zero attached hydrogens (tertiary/aromatic N) is 1. The first kappa shape index (κ1) is 16.2. The maximum Gasteiger partial charge on any atom is 0.125 e. The molecule has 0 bridgehead atoms. The Morgan fingerprint density at radius 3 is 2.07 bits per heavy atom. The highest BCUT2D eigenvalue weighted by Gasteiger charge is 2.11. The summed E-state index contributed by atoms with van der Waals surface area (Å²) in [5.74, 6) is 0. The quantitative estimate of drug-likeness (QED) is 0.317. The summed E-state index contributed by atoms with van der Waals surface area (Å²) in [5, 5.41) is 2.57. The van der Waals surface area contributed by atoms with Gasteiger partial charge in [0.05, 0.1) is 5.69 Å². The monoisotopic (exact) mass is 365 g/mol. The van der Waals surface area contributed by atoms with Crippen molar-refractivity contribution < 1.29 is 0 Å². The van der Waals surface area contributed by atoms with Crippen molar-refractivity contribution in [1.29, 1.82) is 0 Å². The Bertz CT molecular complexity index is 1260. The van der Waals surface area contributed by atoms with Crippen molar-refractivity contribution in [2.24, 2.45) is 0 Å². The Balaban J connectivity index is 1.59. The van der Waals surface area contributed by atoms with Crippen molar-refractivity contribution in [3.8, 4) is 22.4 Å². The van der Waals surface area contributed by atoms with E-state index in [1.54, 1.807) is 11.3 Å². The number of fused-ring (bicyclic) bond motifs is 3. The summed E-state index contributed by atoms with van der Waals surface area (Å²) in [6.45, 7) is 4.38. The van der Waals surface area contributed by atoms with Gasteiger partial charge in [-0.15, -0.1) is 11.3 Å². The zero-order valence-corrected chi connectivity index (χ0v) is 16.2. The van der Waals surface area contributed by atoms with Crippen LogP contribution in [0.15, 0.2) is 78.9 Å². The van der Waals surface area contributed by atoms with E-state index in [0.717, 1.165) is 16.1 Å². The van der Waals surface area contributed by atoms with Gasteiger partial charge in [-0.05, 0) is 48.2 Å². The van der Waals surface area contributed by atoms with Gasteiger partial charge < -0.3 is 0 Å². The van der Waals surface area contributed by atoms with Crippen LogP contribution in [0.2, 0.25) is 0 Å². The van der Waals surface area contributed by atoms with Gasteiger partial charge >= 0.3 is 0 Å². The van der Waals surface area contributed by atoms with E-state index in [1.165, 1.54) is 37.7 Å². The molecule has 1 nitrogen and oxygen atoms in total. The maximum atomic E-state index is 4.97. The summed E-state index contributed by atoms with van der Waals surface area (Å²) in [7, 11) is 0. The second-order valence-corrected chi connectivity index (χ2v) is 7.98. The molecule has 0 spiro atoms. The zero-order chi connectivity index (χ0) is 18.4. The maximum absolute atomic E-state index is 4.97. The fraction of sp³-hybridized carbons (Fsp3) is 0.0800. The van der Waals surface area contributed by atoms with E-state index in [9.17, 15) is 0 Å². The third-order valence-corrected chi connectivity index (χ3v) is 6.55. The number of hydrogen-bond acceptors (Lipinski definition) is 2. The number of aryl methyl sites for hydroxylation is 2. The Morgan fingerprint density at radius 1 is 0.630 bits per heavy atom. The van der Waals surface area contributed by atoms with Crippen LogP contribution in [0.1, 0.15) is 11.1 Å². The molecule has 5 rings (SSSR count). The molecule has 0 aliphatic heterocycles. The molecule has 0 aliphatic carbocycles. The van der Waals surface area contributed by atoms with Crippen molar-refractivity contribution in [3.63, 3.8) is 0 Å². The van der Waals surface area contributed by atoms with E-state index in [2.05, 4.69) is 86.6 Å². The number of pyridine rings is 1. The van der Waals surface area contributed by atoms with Gasteiger partial charge in [0.15, 0.2) is 0 Å². The second kappa shape index (κ2) is 6.33. The normalized spacial score (nSPS) is 11.3. The average Bonchev–Trinajstić information content (AvgIpc) is 3.10. The molecule has 5 aromatic rings. The van der Waals surface area contributed by atoms with Crippen molar-refractivity contribution in [1.82, 2.24) is 4.98 Å². The number of hydrogen-bond donors (Lipinski definition) is 0. The summed E-state index contributed by atoms with van der Waals surface area (Å²) in [5.41, 5.74) is 7.36. The molecule has 0 atom stereocenters. The molecule has 0 fully saturated rings. The molecule has 0 saturated carbocycles. The number of aromatic nitrogens is 1. The third kappa shape index (κ3) is 2.73. The molecule has 0 amide bonds. The van der Waals surface area contributed by atoms with E-state index in [0.29, 0.717) is 0 Å². The Hall–Kier alpha value is -2.97. The molecule has 0 saturated heterocycles. The zero-order valence-electron chi connectivity index (χ0n) is 15.4. The first-order chi connectivity index (χ1) is 13.2. The van der Waals surface area contributed by atoms with Crippen LogP contribution in [0.3, 0.4) is 0 Å². The Labute approximate surface area is 162 Å². The van der Waals surface area contributed by atoms with E-state index < -0.39 is 0 Å². The lowest BCUT2D eigenvalue weighted by atomic mass is 10.0. The SMILES string of the molecule is Cc1ccc2c(sc3nc(-c4ccc(-c5ccccc5)cc4)ccc32)c1C. The Kier molecular flexibility index (Phi) is 3.80. The van der Waals surface area contributed by atoms with Crippen molar-refractivity contribution >= 4 is 31.6 Å². The van der Waals surface area contributed by atoms with E-state index in [1.807, 2.05) is 6.07 Å². The van der Waals surface area contributed by atoms with Crippen LogP contribution < -0.4 is 0 Å². The summed E-state index contributed by atoms with van der Waals surface area (Å²) in [6.07, 6.45) is 0. The average molecular weight is 366 g/mol. The lowest BCUT2D eigenvalue weighted by Gasteiger charge is -2.05. The fourth-order valence-electron chi connectivity index (χ4n) is 3.58. The van der Waals surface area contributed by atoms with Gasteiger partial charge in [0, 0.05) is 21.0 Å². The molecule has 0 unspecified atom stereocenters. The lowest BCUT2D eigenvalue weighted by molar-refractivity contribution is 1.39. The van der Waals surface area contributed by atoms with Gasteiger partial charge in [-0.25, -0.2) is 4.98 Å². The second-order valence-electron chi connectivity index (χ2n) is 6.98. The van der Waals surface area contributed by atoms with E-state index >= 15 is 0 Å². The molecule has 0 N–H and O–H groups in total. The smallest absolute Gasteiger partial charge is 0.125 e. The third-order valence-electron chi connectivity index (χ3n) is 5.31. The van der Waals surface area contributed by atoms with E-state index in [-0.39, 0.29) is 0 Å². The highest BCUT2D eigenvalue weighted by molar-refractivity contribution is 7.25. The first-order valence-electron chi connectivity index (χ1n) is 9.16. The van der Waals surface area contributed by atoms with Crippen LogP contribution in [0, 0.1) is 13.8 Å². The minimum Gasteiger partial charge on any atom is -0.237 e. The summed E-state index contributed by atoms with van der Waals surface area (Å²) >= 11 is 1.80. The summed E-state index contributed by atoms with van der Waals surface area (Å²) in [4.78, 5) is 6.09. The van der Waals surface area contributed by atoms with Gasteiger partial charge in [-0.1, -0.05) is 66.7 Å². The molecular formula is C25H19NS. The van der Waals surface area contributed by atoms with E-state index in [4.69, 9.17) is 4.98 Å². The lowest BCUT2D eigenvalue weighted by Crippen LogP contribution is -1.84. The molecule has 3 aromatic carbocycles. The number of rotatable bonds is 2. The van der Waals surface area contributed by atoms with Crippen LogP contribution in [0.25, 0.3) is 42.7 Å². The predicted octanol–water partition coefficient (Wildman–Crippen LogP) is 7.40. The van der Waals surface area contributed by atoms with Crippen LogP contribution in [-0.2, 0) is 0 Å². The number of benzene rings is 3. The van der Waals surface area contributed by atoms with Gasteiger partial charge in [-0.2, -0.15) is 0 Å². The van der Waals surface area contributed by atoms with Crippen LogP contribution >= 0.6 is 11.3 Å². The molecule has 2 heteroatoms. The fourth-order valence-corrected chi connectivity index (χ4v) is 4.81. The van der Waals surface area contributed by atoms with Crippen LogP contribution in [-0.4, -0.2) is 4.98 Å². The van der Waals surface area contributed by atoms with Crippen molar-refractivity contribution in [3.05, 3.63) is 90.0 Å². The number of thiophene rings is 1. The van der Waals surface area contributed by atoms with Crippen LogP contribution in [0.5, 0.6) is 0 Å². The summed E-state index contributed by atoms with van der Waals surface area (Å²) < 4.78 is 1.36. The molecular weight excluding hydrogens is 346 g/mol. The highest BCUT2D eigenvalue weighted by Crippen LogP contribution is 2.37. The Morgan fingerprint density at radius 2 is 1.30 bits per heavy atom.